The van der Waals surface area contributed by atoms with Crippen LogP contribution in [0.15, 0.2) is 66.6 Å². The normalized spacial score (nSPS) is 11.5. The lowest BCUT2D eigenvalue weighted by Gasteiger charge is -2.24. The predicted molar refractivity (Wildman–Crippen MR) is 100 cm³/mol. The van der Waals surface area contributed by atoms with E-state index in [-0.39, 0.29) is 0 Å². The summed E-state index contributed by atoms with van der Waals surface area (Å²) in [5.74, 6) is 0. The van der Waals surface area contributed by atoms with Crippen LogP contribution in [0.1, 0.15) is 5.56 Å². The second kappa shape index (κ2) is 5.76. The second-order valence-corrected chi connectivity index (χ2v) is 12.4. The van der Waals surface area contributed by atoms with Gasteiger partial charge in [0, 0.05) is 9.75 Å². The van der Waals surface area contributed by atoms with Gasteiger partial charge in [0.2, 0.25) is 0 Å². The third-order valence-corrected chi connectivity index (χ3v) is 10.9. The molecule has 0 aliphatic carbocycles. The molecule has 2 heterocycles. The summed E-state index contributed by atoms with van der Waals surface area (Å²) in [5.41, 5.74) is 1.28. The molecule has 21 heavy (non-hydrogen) atoms. The Morgan fingerprint density at radius 1 is 0.905 bits per heavy atom. The first kappa shape index (κ1) is 14.5. The van der Waals surface area contributed by atoms with Gasteiger partial charge in [-0.15, -0.1) is 22.7 Å². The molecule has 3 aromatic rings. The highest BCUT2D eigenvalue weighted by atomic mass is 32.1. The first-order valence-electron chi connectivity index (χ1n) is 6.98. The van der Waals surface area contributed by atoms with Crippen LogP contribution in [-0.4, -0.2) is 8.07 Å². The smallest absolute Gasteiger partial charge is 0.124 e. The van der Waals surface area contributed by atoms with Gasteiger partial charge in [-0.25, -0.2) is 0 Å². The molecule has 2 aromatic heterocycles. The Kier molecular flexibility index (Phi) is 3.98. The zero-order valence-corrected chi connectivity index (χ0v) is 14.9. The van der Waals surface area contributed by atoms with Crippen LogP contribution in [0, 0.1) is 0 Å². The van der Waals surface area contributed by atoms with Crippen LogP contribution in [0.3, 0.4) is 0 Å². The summed E-state index contributed by atoms with van der Waals surface area (Å²) in [5, 5.41) is 3.45. The highest BCUT2D eigenvalue weighted by Gasteiger charge is 2.29. The van der Waals surface area contributed by atoms with Gasteiger partial charge in [0.15, 0.2) is 0 Å². The van der Waals surface area contributed by atoms with Gasteiger partial charge < -0.3 is 0 Å². The molecule has 0 nitrogen and oxygen atoms in total. The number of benzene rings is 1. The second-order valence-electron chi connectivity index (χ2n) is 5.61. The van der Waals surface area contributed by atoms with Gasteiger partial charge in [0.05, 0.1) is 0 Å². The van der Waals surface area contributed by atoms with Crippen molar-refractivity contribution < 1.29 is 0 Å². The van der Waals surface area contributed by atoms with Crippen LogP contribution in [0.5, 0.6) is 0 Å². The minimum atomic E-state index is -1.69. The molecular weight excluding hydrogens is 308 g/mol. The molecule has 0 aliphatic heterocycles. The summed E-state index contributed by atoms with van der Waals surface area (Å²) < 4.78 is 1.50. The fourth-order valence-electron chi connectivity index (χ4n) is 2.37. The largest absolute Gasteiger partial charge is 0.144 e. The third-order valence-electron chi connectivity index (χ3n) is 3.86. The van der Waals surface area contributed by atoms with Crippen LogP contribution in [0.2, 0.25) is 13.1 Å². The lowest BCUT2D eigenvalue weighted by atomic mass is 10.2. The molecule has 0 N–H and O–H groups in total. The highest BCUT2D eigenvalue weighted by Crippen LogP contribution is 2.32. The SMILES string of the molecule is C=C(c1ccccc1)[Si](C)(C)c1ccc(-c2cccs2)s1. The fourth-order valence-corrected chi connectivity index (χ4v) is 7.37. The Morgan fingerprint density at radius 2 is 1.67 bits per heavy atom. The molecule has 0 aliphatic rings. The molecule has 3 heteroatoms. The number of hydrogen-bond donors (Lipinski definition) is 0. The average Bonchev–Trinajstić information content (AvgIpc) is 3.18. The molecule has 0 bridgehead atoms. The molecule has 0 atom stereocenters. The van der Waals surface area contributed by atoms with Crippen molar-refractivity contribution in [2.75, 3.05) is 0 Å². The van der Waals surface area contributed by atoms with Gasteiger partial charge in [-0.2, -0.15) is 0 Å². The van der Waals surface area contributed by atoms with Gasteiger partial charge in [-0.3, -0.25) is 0 Å². The molecule has 1 aromatic carbocycles. The monoisotopic (exact) mass is 326 g/mol. The lowest BCUT2D eigenvalue weighted by Crippen LogP contribution is -2.40. The first-order valence-corrected chi connectivity index (χ1v) is 11.7. The van der Waals surface area contributed by atoms with Crippen molar-refractivity contribution in [3.63, 3.8) is 0 Å². The van der Waals surface area contributed by atoms with Gasteiger partial charge in [-0.05, 0) is 27.6 Å². The van der Waals surface area contributed by atoms with Gasteiger partial charge in [0.1, 0.15) is 8.07 Å². The van der Waals surface area contributed by atoms with E-state index in [1.807, 2.05) is 22.7 Å². The van der Waals surface area contributed by atoms with Gasteiger partial charge in [-0.1, -0.05) is 67.3 Å². The van der Waals surface area contributed by atoms with E-state index in [2.05, 4.69) is 79.7 Å². The quantitative estimate of drug-likeness (QED) is 0.544. The summed E-state index contributed by atoms with van der Waals surface area (Å²) in [6, 6.07) is 19.5. The van der Waals surface area contributed by atoms with Gasteiger partial charge >= 0.3 is 0 Å². The van der Waals surface area contributed by atoms with E-state index in [1.54, 1.807) is 0 Å². The summed E-state index contributed by atoms with van der Waals surface area (Å²) in [4.78, 5) is 2.74. The molecule has 0 fully saturated rings. The first-order chi connectivity index (χ1) is 10.1. The standard InChI is InChI=1S/C18H18S2Si/c1-14(15-8-5-4-6-9-15)21(2,3)18-12-11-17(20-18)16-10-7-13-19-16/h4-13H,1H2,2-3H3. The van der Waals surface area contributed by atoms with Crippen molar-refractivity contribution in [2.45, 2.75) is 13.1 Å². The van der Waals surface area contributed by atoms with Crippen LogP contribution < -0.4 is 4.50 Å². The van der Waals surface area contributed by atoms with Crippen molar-refractivity contribution >= 4 is 40.4 Å². The van der Waals surface area contributed by atoms with E-state index in [0.717, 1.165) is 0 Å². The van der Waals surface area contributed by atoms with Crippen LogP contribution in [-0.2, 0) is 0 Å². The Bertz CT molecular complexity index is 737. The van der Waals surface area contributed by atoms with Crippen molar-refractivity contribution in [2.24, 2.45) is 0 Å². The molecule has 106 valence electrons. The molecule has 0 radical (unpaired) electrons. The van der Waals surface area contributed by atoms with Crippen molar-refractivity contribution in [3.05, 3.63) is 72.1 Å². The van der Waals surface area contributed by atoms with Crippen LogP contribution in [0.25, 0.3) is 15.0 Å². The predicted octanol–water partition coefficient (Wildman–Crippen LogP) is 5.64. The summed E-state index contributed by atoms with van der Waals surface area (Å²) in [6.45, 7) is 9.21. The third kappa shape index (κ3) is 2.82. The fraction of sp³-hybridized carbons (Fsp3) is 0.111. The number of rotatable bonds is 4. The maximum absolute atomic E-state index is 4.42. The Balaban J connectivity index is 1.93. The average molecular weight is 327 g/mol. The number of thiophene rings is 2. The maximum atomic E-state index is 4.42. The topological polar surface area (TPSA) is 0 Å². The van der Waals surface area contributed by atoms with E-state index in [9.17, 15) is 0 Å². The van der Waals surface area contributed by atoms with Crippen LogP contribution >= 0.6 is 22.7 Å². The molecule has 3 rings (SSSR count). The lowest BCUT2D eigenvalue weighted by molar-refractivity contribution is 1.63. The van der Waals surface area contributed by atoms with Crippen molar-refractivity contribution in [1.29, 1.82) is 0 Å². The summed E-state index contributed by atoms with van der Waals surface area (Å²) >= 11 is 3.74. The maximum Gasteiger partial charge on any atom is 0.124 e. The molecule has 0 amide bonds. The number of hydrogen-bond acceptors (Lipinski definition) is 2. The zero-order chi connectivity index (χ0) is 14.9. The summed E-state index contributed by atoms with van der Waals surface area (Å²) in [6.07, 6.45) is 0. The van der Waals surface area contributed by atoms with E-state index in [4.69, 9.17) is 0 Å². The zero-order valence-electron chi connectivity index (χ0n) is 12.3. The molecule has 0 spiro atoms. The van der Waals surface area contributed by atoms with Crippen molar-refractivity contribution in [3.8, 4) is 9.75 Å². The van der Waals surface area contributed by atoms with E-state index >= 15 is 0 Å². The molecule has 0 unspecified atom stereocenters. The Hall–Kier alpha value is -1.42. The van der Waals surface area contributed by atoms with E-state index in [0.29, 0.717) is 0 Å². The molecular formula is C18H18S2Si. The van der Waals surface area contributed by atoms with E-state index in [1.165, 1.54) is 25.0 Å². The van der Waals surface area contributed by atoms with Gasteiger partial charge in [0.25, 0.3) is 0 Å². The minimum absolute atomic E-state index is 1.28. The van der Waals surface area contributed by atoms with E-state index < -0.39 is 8.07 Å². The molecule has 0 saturated heterocycles. The van der Waals surface area contributed by atoms with Crippen LogP contribution in [0.4, 0.5) is 0 Å². The minimum Gasteiger partial charge on any atom is -0.144 e. The molecule has 0 saturated carbocycles. The summed E-state index contributed by atoms with van der Waals surface area (Å²) in [7, 11) is -1.69. The van der Waals surface area contributed by atoms with Crippen molar-refractivity contribution in [1.82, 2.24) is 0 Å². The Labute approximate surface area is 135 Å². The highest BCUT2D eigenvalue weighted by molar-refractivity contribution is 7.33. The Morgan fingerprint density at radius 3 is 2.33 bits per heavy atom.